The molecule has 0 bridgehead atoms. The second-order valence-corrected chi connectivity index (χ2v) is 7.02. The normalized spacial score (nSPS) is 25.4. The van der Waals surface area contributed by atoms with Crippen molar-refractivity contribution in [2.45, 2.75) is 23.6 Å². The zero-order valence-electron chi connectivity index (χ0n) is 12.7. The minimum absolute atomic E-state index is 0.0102. The number of nitro groups is 1. The van der Waals surface area contributed by atoms with Crippen LogP contribution >= 0.6 is 11.8 Å². The van der Waals surface area contributed by atoms with Gasteiger partial charge in [0.05, 0.1) is 10.5 Å². The number of benzene rings is 1. The van der Waals surface area contributed by atoms with E-state index in [0.717, 1.165) is 17.0 Å². The van der Waals surface area contributed by atoms with Gasteiger partial charge in [0.15, 0.2) is 5.75 Å². The van der Waals surface area contributed by atoms with Crippen LogP contribution in [0, 0.1) is 10.1 Å². The summed E-state index contributed by atoms with van der Waals surface area (Å²) in [5, 5.41) is 39.2. The number of carbonyl (C=O) groups is 2. The molecule has 0 aliphatic carbocycles. The van der Waals surface area contributed by atoms with E-state index in [-0.39, 0.29) is 11.1 Å². The average molecular weight is 367 g/mol. The van der Waals surface area contributed by atoms with Gasteiger partial charge in [-0.3, -0.25) is 19.8 Å². The van der Waals surface area contributed by atoms with Crippen LogP contribution in [0.15, 0.2) is 17.8 Å². The van der Waals surface area contributed by atoms with Crippen LogP contribution in [-0.2, 0) is 9.59 Å². The molecule has 2 aliphatic rings. The minimum Gasteiger partial charge on any atom is -0.504 e. The second-order valence-electron chi connectivity index (χ2n) is 5.56. The molecule has 0 radical (unpaired) electrons. The van der Waals surface area contributed by atoms with Crippen LogP contribution in [0.3, 0.4) is 0 Å². The Hall–Kier alpha value is -2.79. The number of thioether (sulfide) groups is 1. The molecule has 5 N–H and O–H groups in total. The van der Waals surface area contributed by atoms with Gasteiger partial charge in [-0.2, -0.15) is 0 Å². The number of nitro benzene ring substituents is 1. The van der Waals surface area contributed by atoms with E-state index < -0.39 is 56.3 Å². The Kier molecular flexibility index (Phi) is 3.84. The monoisotopic (exact) mass is 367 g/mol. The van der Waals surface area contributed by atoms with Crippen LogP contribution in [0.2, 0.25) is 0 Å². The number of fused-ring (bicyclic) bond motifs is 1. The van der Waals surface area contributed by atoms with Crippen LogP contribution in [0.25, 0.3) is 5.57 Å². The van der Waals surface area contributed by atoms with Gasteiger partial charge in [-0.25, -0.2) is 4.79 Å². The predicted molar refractivity (Wildman–Crippen MR) is 86.6 cm³/mol. The molecule has 1 saturated heterocycles. The number of carbonyl (C=O) groups excluding carboxylic acids is 1. The molecular weight excluding hydrogens is 354 g/mol. The highest BCUT2D eigenvalue weighted by Gasteiger charge is 2.54. The van der Waals surface area contributed by atoms with Gasteiger partial charge in [0.1, 0.15) is 17.1 Å². The summed E-state index contributed by atoms with van der Waals surface area (Å²) in [5.41, 5.74) is 4.30. The number of nitrogens with two attached hydrogens (primary N) is 1. The predicted octanol–water partition coefficient (Wildman–Crippen LogP) is 0.433. The minimum atomic E-state index is -1.44. The third kappa shape index (κ3) is 2.31. The Morgan fingerprint density at radius 2 is 2.04 bits per heavy atom. The summed E-state index contributed by atoms with van der Waals surface area (Å²) < 4.78 is 0. The molecule has 11 heteroatoms. The molecule has 10 nitrogen and oxygen atoms in total. The number of β-lactam (4-membered cyclic amide) rings is 1. The summed E-state index contributed by atoms with van der Waals surface area (Å²) in [7, 11) is 0. The number of aromatic hydroxyl groups is 2. The first kappa shape index (κ1) is 17.0. The third-order valence-corrected chi connectivity index (χ3v) is 5.56. The Morgan fingerprint density at radius 1 is 1.40 bits per heavy atom. The first-order chi connectivity index (χ1) is 11.7. The summed E-state index contributed by atoms with van der Waals surface area (Å²) in [6.07, 6.45) is 0. The Bertz CT molecular complexity index is 853. The van der Waals surface area contributed by atoms with E-state index in [2.05, 4.69) is 0 Å². The van der Waals surface area contributed by atoms with E-state index in [1.54, 1.807) is 6.92 Å². The zero-order valence-corrected chi connectivity index (χ0v) is 13.6. The number of hydrogen-bond donors (Lipinski definition) is 4. The second kappa shape index (κ2) is 5.63. The van der Waals surface area contributed by atoms with Crippen molar-refractivity contribution in [2.75, 3.05) is 0 Å². The van der Waals surface area contributed by atoms with Crippen LogP contribution in [0.1, 0.15) is 12.5 Å². The molecule has 1 aromatic rings. The van der Waals surface area contributed by atoms with Gasteiger partial charge >= 0.3 is 11.7 Å². The van der Waals surface area contributed by atoms with Crippen LogP contribution in [0.4, 0.5) is 5.69 Å². The van der Waals surface area contributed by atoms with Crippen molar-refractivity contribution >= 4 is 34.9 Å². The molecular formula is C14H13N3O7S. The fraction of sp³-hybridized carbons (Fsp3) is 0.286. The number of amides is 1. The number of nitrogens with zero attached hydrogens (tertiary/aromatic N) is 2. The summed E-state index contributed by atoms with van der Waals surface area (Å²) in [6, 6.07) is 1.33. The van der Waals surface area contributed by atoms with Gasteiger partial charge in [-0.1, -0.05) is 0 Å². The molecule has 1 amide bonds. The number of aliphatic carboxylic acids is 1. The molecule has 1 aromatic carbocycles. The molecule has 0 aromatic heterocycles. The van der Waals surface area contributed by atoms with Gasteiger partial charge in [0.25, 0.3) is 0 Å². The topological polar surface area (TPSA) is 167 Å². The molecule has 25 heavy (non-hydrogen) atoms. The first-order valence-electron chi connectivity index (χ1n) is 7.08. The highest BCUT2D eigenvalue weighted by molar-refractivity contribution is 8.01. The lowest BCUT2D eigenvalue weighted by Crippen LogP contribution is -2.68. The van der Waals surface area contributed by atoms with Crippen molar-refractivity contribution in [3.05, 3.63) is 33.5 Å². The fourth-order valence-electron chi connectivity index (χ4n) is 3.00. The van der Waals surface area contributed by atoms with Gasteiger partial charge in [-0.15, -0.1) is 11.8 Å². The molecule has 132 valence electrons. The smallest absolute Gasteiger partial charge is 0.353 e. The molecule has 2 aliphatic heterocycles. The Labute approximate surface area is 144 Å². The van der Waals surface area contributed by atoms with Gasteiger partial charge < -0.3 is 21.1 Å². The third-order valence-electron chi connectivity index (χ3n) is 4.14. The molecule has 2 heterocycles. The maximum Gasteiger partial charge on any atom is 0.353 e. The Morgan fingerprint density at radius 3 is 2.60 bits per heavy atom. The van der Waals surface area contributed by atoms with Crippen molar-refractivity contribution in [2.24, 2.45) is 5.73 Å². The van der Waals surface area contributed by atoms with E-state index in [1.807, 2.05) is 0 Å². The van der Waals surface area contributed by atoms with E-state index in [4.69, 9.17) is 5.73 Å². The lowest BCUT2D eigenvalue weighted by atomic mass is 9.94. The largest absolute Gasteiger partial charge is 0.504 e. The van der Waals surface area contributed by atoms with Gasteiger partial charge in [0.2, 0.25) is 11.7 Å². The molecule has 0 spiro atoms. The average Bonchev–Trinajstić information content (AvgIpc) is 2.55. The number of rotatable bonds is 3. The van der Waals surface area contributed by atoms with Gasteiger partial charge in [0, 0.05) is 10.8 Å². The van der Waals surface area contributed by atoms with E-state index in [9.17, 15) is 35.0 Å². The first-order valence-corrected chi connectivity index (χ1v) is 8.02. The molecule has 0 saturated carbocycles. The highest BCUT2D eigenvalue weighted by atomic mass is 32.2. The van der Waals surface area contributed by atoms with Crippen molar-refractivity contribution in [1.29, 1.82) is 0 Å². The van der Waals surface area contributed by atoms with Crippen LogP contribution in [-0.4, -0.2) is 53.7 Å². The summed E-state index contributed by atoms with van der Waals surface area (Å²) >= 11 is 1.19. The van der Waals surface area contributed by atoms with Crippen molar-refractivity contribution < 1.29 is 29.8 Å². The van der Waals surface area contributed by atoms with Gasteiger partial charge in [-0.05, 0) is 19.1 Å². The van der Waals surface area contributed by atoms with E-state index >= 15 is 0 Å². The van der Waals surface area contributed by atoms with Crippen molar-refractivity contribution in [3.8, 4) is 11.5 Å². The molecule has 2 unspecified atom stereocenters. The number of hydrogen-bond acceptors (Lipinski definition) is 8. The summed E-state index contributed by atoms with van der Waals surface area (Å²) in [4.78, 5) is 35.2. The lowest BCUT2D eigenvalue weighted by molar-refractivity contribution is -0.386. The van der Waals surface area contributed by atoms with Crippen molar-refractivity contribution in [1.82, 2.24) is 4.90 Å². The van der Waals surface area contributed by atoms with Crippen LogP contribution < -0.4 is 5.73 Å². The highest BCUT2D eigenvalue weighted by Crippen LogP contribution is 2.50. The maximum atomic E-state index is 12.0. The fourth-order valence-corrected chi connectivity index (χ4v) is 4.41. The molecule has 3 rings (SSSR count). The molecule has 1 fully saturated rings. The standard InChI is InChI=1S/C14H13N3O7S/c1-4-7(5-2-3-6(18)11(19)9(5)17(23)24)10(14(21)22)16-12(20)8(15)13(16)25-4/h2-4,8,13,18-19H,15H2,1H3,(H,21,22)/t4?,8?,13-/m1/s1. The van der Waals surface area contributed by atoms with E-state index in [1.165, 1.54) is 11.8 Å². The quantitative estimate of drug-likeness (QED) is 0.256. The number of carboxylic acid groups (broad SMARTS) is 1. The Balaban J connectivity index is 2.31. The maximum absolute atomic E-state index is 12.0. The van der Waals surface area contributed by atoms with Crippen molar-refractivity contribution in [3.63, 3.8) is 0 Å². The van der Waals surface area contributed by atoms with E-state index in [0.29, 0.717) is 0 Å². The van der Waals surface area contributed by atoms with Crippen LogP contribution in [0.5, 0.6) is 11.5 Å². The SMILES string of the molecule is CC1S[C@@H]2C(N)C(=O)N2C(C(=O)O)=C1c1ccc(O)c(O)c1[N+](=O)[O-]. The molecule has 3 atom stereocenters. The summed E-state index contributed by atoms with van der Waals surface area (Å²) in [5.74, 6) is -3.70. The number of carboxylic acids is 1. The lowest BCUT2D eigenvalue weighted by Gasteiger charge is -2.49. The number of phenols is 2. The number of phenolic OH excluding ortho intramolecular Hbond substituents is 2. The summed E-state index contributed by atoms with van der Waals surface area (Å²) in [6.45, 7) is 1.63. The zero-order chi connectivity index (χ0) is 18.6.